The van der Waals surface area contributed by atoms with Gasteiger partial charge in [-0.05, 0) is 37.0 Å². The van der Waals surface area contributed by atoms with Crippen LogP contribution in [0.3, 0.4) is 0 Å². The maximum Gasteiger partial charge on any atom is 0.263 e. The molecule has 0 N–H and O–H groups in total. The fraction of sp³-hybridized carbons (Fsp3) is 0.550. The average Bonchev–Trinajstić information content (AvgIpc) is 3.01. The topological polar surface area (TPSA) is 98.0 Å². The van der Waals surface area contributed by atoms with E-state index in [1.165, 1.54) is 11.3 Å². The van der Waals surface area contributed by atoms with Crippen LogP contribution >= 0.6 is 22.9 Å². The van der Waals surface area contributed by atoms with Crippen LogP contribution in [-0.4, -0.2) is 68.0 Å². The zero-order valence-corrected chi connectivity index (χ0v) is 19.9. The second kappa shape index (κ2) is 10.2. The van der Waals surface area contributed by atoms with Gasteiger partial charge in [0.2, 0.25) is 5.91 Å². The number of fused-ring (bicyclic) bond motifs is 1. The van der Waals surface area contributed by atoms with Crippen LogP contribution in [0.25, 0.3) is 10.2 Å². The molecule has 0 spiro atoms. The minimum atomic E-state index is -3.92. The number of aromatic nitrogens is 1. The minimum Gasteiger partial charge on any atom is -0.383 e. The van der Waals surface area contributed by atoms with Gasteiger partial charge in [-0.1, -0.05) is 29.9 Å². The molecule has 3 rings (SSSR count). The van der Waals surface area contributed by atoms with E-state index in [1.807, 2.05) is 13.0 Å². The maximum atomic E-state index is 12.5. The maximum absolute atomic E-state index is 12.5. The third-order valence-corrected chi connectivity index (χ3v) is 7.73. The SMILES string of the molecule is COCCn1c(=NC(=O)CS(=O)(=O)CC(=O)N2CCCC(C)C2)sc2cc(Cl)ccc21. The van der Waals surface area contributed by atoms with Gasteiger partial charge in [-0.25, -0.2) is 8.42 Å². The monoisotopic (exact) mass is 487 g/mol. The molecule has 2 amide bonds. The van der Waals surface area contributed by atoms with Crippen molar-refractivity contribution in [2.75, 3.05) is 38.3 Å². The molecule has 1 aromatic heterocycles. The van der Waals surface area contributed by atoms with E-state index >= 15 is 0 Å². The van der Waals surface area contributed by atoms with Gasteiger partial charge in [-0.3, -0.25) is 9.59 Å². The summed E-state index contributed by atoms with van der Waals surface area (Å²) in [5.74, 6) is -2.38. The number of benzene rings is 1. The predicted molar refractivity (Wildman–Crippen MR) is 121 cm³/mol. The molecule has 1 aliphatic rings. The molecule has 0 saturated carbocycles. The summed E-state index contributed by atoms with van der Waals surface area (Å²) >= 11 is 7.30. The van der Waals surface area contributed by atoms with Crippen molar-refractivity contribution in [3.63, 3.8) is 0 Å². The van der Waals surface area contributed by atoms with E-state index in [0.29, 0.717) is 42.0 Å². The van der Waals surface area contributed by atoms with Gasteiger partial charge in [0, 0.05) is 31.8 Å². The first-order valence-electron chi connectivity index (χ1n) is 10.0. The zero-order valence-electron chi connectivity index (χ0n) is 17.5. The first-order chi connectivity index (χ1) is 14.7. The molecule has 31 heavy (non-hydrogen) atoms. The first kappa shape index (κ1) is 23.9. The minimum absolute atomic E-state index is 0.348. The Bertz CT molecular complexity index is 1140. The molecule has 8 nitrogen and oxygen atoms in total. The quantitative estimate of drug-likeness (QED) is 0.595. The van der Waals surface area contributed by atoms with E-state index in [4.69, 9.17) is 16.3 Å². The zero-order chi connectivity index (χ0) is 22.6. The van der Waals surface area contributed by atoms with Gasteiger partial charge in [0.25, 0.3) is 5.91 Å². The second-order valence-corrected chi connectivity index (χ2v) is 11.3. The van der Waals surface area contributed by atoms with Crippen LogP contribution in [0.15, 0.2) is 23.2 Å². The Morgan fingerprint density at radius 2 is 2.10 bits per heavy atom. The van der Waals surface area contributed by atoms with Crippen LogP contribution < -0.4 is 4.80 Å². The molecule has 0 aliphatic carbocycles. The van der Waals surface area contributed by atoms with E-state index < -0.39 is 33.2 Å². The molecule has 2 heterocycles. The Morgan fingerprint density at radius 3 is 2.81 bits per heavy atom. The Balaban J connectivity index is 1.78. The van der Waals surface area contributed by atoms with Crippen molar-refractivity contribution in [3.05, 3.63) is 28.0 Å². The molecular formula is C20H26ClN3O5S2. The van der Waals surface area contributed by atoms with Gasteiger partial charge in [-0.15, -0.1) is 0 Å². The van der Waals surface area contributed by atoms with Crippen LogP contribution in [0.1, 0.15) is 19.8 Å². The number of hydrogen-bond acceptors (Lipinski definition) is 6. The normalized spacial score (nSPS) is 18.0. The number of hydrogen-bond donors (Lipinski definition) is 0. The van der Waals surface area contributed by atoms with Crippen LogP contribution in [0.2, 0.25) is 5.02 Å². The molecule has 0 radical (unpaired) electrons. The lowest BCUT2D eigenvalue weighted by molar-refractivity contribution is -0.130. The van der Waals surface area contributed by atoms with Crippen LogP contribution in [0, 0.1) is 5.92 Å². The third-order valence-electron chi connectivity index (χ3n) is 5.08. The number of thiazole rings is 1. The highest BCUT2D eigenvalue weighted by molar-refractivity contribution is 7.92. The van der Waals surface area contributed by atoms with E-state index in [2.05, 4.69) is 4.99 Å². The Labute approximate surface area is 190 Å². The summed E-state index contributed by atoms with van der Waals surface area (Å²) in [6, 6.07) is 5.33. The number of sulfone groups is 1. The van der Waals surface area contributed by atoms with E-state index in [-0.39, 0.29) is 0 Å². The summed E-state index contributed by atoms with van der Waals surface area (Å²) in [5, 5.41) is 0.554. The van der Waals surface area contributed by atoms with E-state index in [9.17, 15) is 18.0 Å². The Hall–Kier alpha value is -1.75. The molecule has 1 aliphatic heterocycles. The number of amides is 2. The van der Waals surface area contributed by atoms with Gasteiger partial charge in [-0.2, -0.15) is 4.99 Å². The molecule has 0 bridgehead atoms. The largest absolute Gasteiger partial charge is 0.383 e. The standard InChI is InChI=1S/C20H26ClN3O5S2/c1-14-4-3-7-23(11-14)19(26)13-31(27,28)12-18(25)22-20-24(8-9-29-2)16-6-5-15(21)10-17(16)30-20/h5-6,10,14H,3-4,7-9,11-13H2,1-2H3. The third kappa shape index (κ3) is 6.38. The summed E-state index contributed by atoms with van der Waals surface area (Å²) < 4.78 is 32.7. The molecule has 1 aromatic carbocycles. The summed E-state index contributed by atoms with van der Waals surface area (Å²) in [6.45, 7) is 3.99. The molecular weight excluding hydrogens is 462 g/mol. The summed E-state index contributed by atoms with van der Waals surface area (Å²) in [6.07, 6.45) is 1.88. The van der Waals surface area contributed by atoms with E-state index in [1.54, 1.807) is 28.7 Å². The number of carbonyl (C=O) groups excluding carboxylic acids is 2. The highest BCUT2D eigenvalue weighted by atomic mass is 35.5. The lowest BCUT2D eigenvalue weighted by Gasteiger charge is -2.30. The van der Waals surface area contributed by atoms with Crippen molar-refractivity contribution in [1.29, 1.82) is 0 Å². The average molecular weight is 488 g/mol. The summed E-state index contributed by atoms with van der Waals surface area (Å²) in [4.78, 5) is 30.8. The number of piperidine rings is 1. The second-order valence-electron chi connectivity index (χ2n) is 7.77. The predicted octanol–water partition coefficient (Wildman–Crippen LogP) is 2.10. The number of methoxy groups -OCH3 is 1. The van der Waals surface area contributed by atoms with Crippen molar-refractivity contribution >= 4 is 54.8 Å². The number of halogens is 1. The number of nitrogens with zero attached hydrogens (tertiary/aromatic N) is 3. The van der Waals surface area contributed by atoms with Crippen LogP contribution in [0.4, 0.5) is 0 Å². The molecule has 1 unspecified atom stereocenters. The molecule has 11 heteroatoms. The van der Waals surface area contributed by atoms with Crippen molar-refractivity contribution in [1.82, 2.24) is 9.47 Å². The lowest BCUT2D eigenvalue weighted by atomic mass is 10.0. The first-order valence-corrected chi connectivity index (χ1v) is 13.0. The highest BCUT2D eigenvalue weighted by Crippen LogP contribution is 2.22. The smallest absolute Gasteiger partial charge is 0.263 e. The Kier molecular flexibility index (Phi) is 7.90. The number of ether oxygens (including phenoxy) is 1. The molecule has 170 valence electrons. The van der Waals surface area contributed by atoms with Crippen LogP contribution in [0.5, 0.6) is 0 Å². The fourth-order valence-corrected chi connectivity index (χ4v) is 6.06. The summed E-state index contributed by atoms with van der Waals surface area (Å²) in [7, 11) is -2.35. The van der Waals surface area contributed by atoms with Gasteiger partial charge in [0.1, 0.15) is 11.5 Å². The van der Waals surface area contributed by atoms with Gasteiger partial charge in [0.15, 0.2) is 14.6 Å². The number of likely N-dealkylation sites (tertiary alicyclic amines) is 1. The molecule has 1 fully saturated rings. The van der Waals surface area contributed by atoms with Crippen molar-refractivity contribution in [2.24, 2.45) is 10.9 Å². The van der Waals surface area contributed by atoms with Crippen LogP contribution in [-0.2, 0) is 30.7 Å². The summed E-state index contributed by atoms with van der Waals surface area (Å²) in [5.41, 5.74) is 0.829. The molecule has 1 atom stereocenters. The molecule has 2 aromatic rings. The van der Waals surface area contributed by atoms with Gasteiger partial charge < -0.3 is 14.2 Å². The number of rotatable bonds is 7. The van der Waals surface area contributed by atoms with Gasteiger partial charge >= 0.3 is 0 Å². The number of carbonyl (C=O) groups is 2. The highest BCUT2D eigenvalue weighted by Gasteiger charge is 2.27. The Morgan fingerprint density at radius 1 is 1.32 bits per heavy atom. The van der Waals surface area contributed by atoms with Gasteiger partial charge in [0.05, 0.1) is 16.8 Å². The van der Waals surface area contributed by atoms with Crippen molar-refractivity contribution in [3.8, 4) is 0 Å². The van der Waals surface area contributed by atoms with Crippen molar-refractivity contribution in [2.45, 2.75) is 26.3 Å². The van der Waals surface area contributed by atoms with E-state index in [0.717, 1.165) is 23.1 Å². The molecule has 1 saturated heterocycles. The van der Waals surface area contributed by atoms with Crippen molar-refractivity contribution < 1.29 is 22.7 Å². The lowest BCUT2D eigenvalue weighted by Crippen LogP contribution is -2.42. The fourth-order valence-electron chi connectivity index (χ4n) is 3.60.